The third-order valence-electron chi connectivity index (χ3n) is 2.41. The zero-order valence-electron chi connectivity index (χ0n) is 8.51. The zero-order chi connectivity index (χ0) is 10.7. The number of aliphatic hydroxyl groups excluding tert-OH is 1. The fourth-order valence-electron chi connectivity index (χ4n) is 1.50. The van der Waals surface area contributed by atoms with Crippen LogP contribution in [0.25, 0.3) is 0 Å². The molecule has 0 saturated carbocycles. The number of carboxylic acid groups (broad SMARTS) is 1. The molecule has 1 saturated heterocycles. The van der Waals surface area contributed by atoms with Crippen LogP contribution < -0.4 is 0 Å². The molecule has 1 aliphatic rings. The van der Waals surface area contributed by atoms with Gasteiger partial charge >= 0.3 is 6.09 Å². The Kier molecular flexibility index (Phi) is 3.71. The van der Waals surface area contributed by atoms with Gasteiger partial charge in [0.05, 0.1) is 31.9 Å². The van der Waals surface area contributed by atoms with Gasteiger partial charge in [0.2, 0.25) is 0 Å². The molecule has 0 aromatic rings. The van der Waals surface area contributed by atoms with Crippen molar-refractivity contribution in [2.24, 2.45) is 5.92 Å². The number of hydrogen-bond acceptors (Lipinski definition) is 3. The smallest absolute Gasteiger partial charge is 0.407 e. The third-order valence-corrected chi connectivity index (χ3v) is 2.41. The molecule has 0 spiro atoms. The number of hydrogen-bond donors (Lipinski definition) is 2. The van der Waals surface area contributed by atoms with E-state index in [9.17, 15) is 4.79 Å². The molecule has 1 amide bonds. The Morgan fingerprint density at radius 3 is 2.64 bits per heavy atom. The lowest BCUT2D eigenvalue weighted by Gasteiger charge is -2.37. The minimum Gasteiger partial charge on any atom is -0.465 e. The van der Waals surface area contributed by atoms with Crippen LogP contribution in [0.2, 0.25) is 0 Å². The quantitative estimate of drug-likeness (QED) is 0.680. The summed E-state index contributed by atoms with van der Waals surface area (Å²) in [5.74, 6) is 0.256. The van der Waals surface area contributed by atoms with Gasteiger partial charge in [0, 0.05) is 0 Å². The van der Waals surface area contributed by atoms with Gasteiger partial charge < -0.3 is 19.8 Å². The summed E-state index contributed by atoms with van der Waals surface area (Å²) in [4.78, 5) is 12.1. The van der Waals surface area contributed by atoms with Crippen LogP contribution in [0.15, 0.2) is 0 Å². The molecule has 0 aliphatic carbocycles. The number of nitrogens with zero attached hydrogens (tertiary/aromatic N) is 1. The Morgan fingerprint density at radius 1 is 1.57 bits per heavy atom. The van der Waals surface area contributed by atoms with E-state index in [2.05, 4.69) is 0 Å². The van der Waals surface area contributed by atoms with Crippen molar-refractivity contribution < 1.29 is 19.7 Å². The molecule has 0 aromatic carbocycles. The van der Waals surface area contributed by atoms with Gasteiger partial charge in [-0.25, -0.2) is 4.79 Å². The van der Waals surface area contributed by atoms with Crippen molar-refractivity contribution in [1.29, 1.82) is 0 Å². The highest BCUT2D eigenvalue weighted by molar-refractivity contribution is 5.65. The molecule has 1 aliphatic heterocycles. The van der Waals surface area contributed by atoms with E-state index in [0.717, 1.165) is 0 Å². The van der Waals surface area contributed by atoms with Gasteiger partial charge in [0.25, 0.3) is 0 Å². The molecule has 0 radical (unpaired) electrons. The van der Waals surface area contributed by atoms with Gasteiger partial charge in [-0.2, -0.15) is 0 Å². The van der Waals surface area contributed by atoms with E-state index >= 15 is 0 Å². The summed E-state index contributed by atoms with van der Waals surface area (Å²) in [5, 5.41) is 17.8. The average molecular weight is 203 g/mol. The van der Waals surface area contributed by atoms with Crippen molar-refractivity contribution in [2.45, 2.75) is 26.1 Å². The van der Waals surface area contributed by atoms with Crippen LogP contribution in [-0.4, -0.2) is 53.1 Å². The van der Waals surface area contributed by atoms with Crippen molar-refractivity contribution in [1.82, 2.24) is 4.90 Å². The molecule has 2 N–H and O–H groups in total. The number of carbonyl (C=O) groups is 1. The maximum atomic E-state index is 10.8. The average Bonchev–Trinajstić information content (AvgIpc) is 2.16. The van der Waals surface area contributed by atoms with Crippen LogP contribution in [0.4, 0.5) is 4.79 Å². The minimum atomic E-state index is -0.947. The molecular weight excluding hydrogens is 186 g/mol. The van der Waals surface area contributed by atoms with Crippen LogP contribution in [0.5, 0.6) is 0 Å². The number of amides is 1. The first-order chi connectivity index (χ1) is 6.54. The van der Waals surface area contributed by atoms with Crippen LogP contribution in [0.3, 0.4) is 0 Å². The third kappa shape index (κ3) is 2.59. The molecule has 1 rings (SSSR count). The summed E-state index contributed by atoms with van der Waals surface area (Å²) in [6.07, 6.45) is -1.44. The highest BCUT2D eigenvalue weighted by Gasteiger charge is 2.31. The van der Waals surface area contributed by atoms with Gasteiger partial charge in [0.1, 0.15) is 0 Å². The lowest BCUT2D eigenvalue weighted by molar-refractivity contribution is -0.111. The van der Waals surface area contributed by atoms with E-state index in [1.807, 2.05) is 13.8 Å². The fourth-order valence-corrected chi connectivity index (χ4v) is 1.50. The van der Waals surface area contributed by atoms with E-state index in [1.54, 1.807) is 0 Å². The second-order valence-corrected chi connectivity index (χ2v) is 3.91. The maximum Gasteiger partial charge on any atom is 0.407 e. The van der Waals surface area contributed by atoms with Gasteiger partial charge in [-0.3, -0.25) is 0 Å². The van der Waals surface area contributed by atoms with Crippen molar-refractivity contribution in [2.75, 3.05) is 19.7 Å². The highest BCUT2D eigenvalue weighted by Crippen LogP contribution is 2.17. The van der Waals surface area contributed by atoms with E-state index in [-0.39, 0.29) is 31.3 Å². The standard InChI is InChI=1S/C9H17NO4/c1-6(2)8-4-10(9(12)13)3-7(5-11)14-8/h6-8,11H,3-5H2,1-2H3,(H,12,13)/t7-,8-/m0/s1. The zero-order valence-corrected chi connectivity index (χ0v) is 8.51. The van der Waals surface area contributed by atoms with E-state index in [1.165, 1.54) is 4.90 Å². The second kappa shape index (κ2) is 4.61. The Morgan fingerprint density at radius 2 is 2.21 bits per heavy atom. The molecule has 0 unspecified atom stereocenters. The van der Waals surface area contributed by atoms with Gasteiger partial charge in [-0.15, -0.1) is 0 Å². The number of ether oxygens (including phenoxy) is 1. The summed E-state index contributed by atoms with van der Waals surface area (Å²) in [6.45, 7) is 4.47. The lowest BCUT2D eigenvalue weighted by atomic mass is 10.0. The molecular formula is C9H17NO4. The first kappa shape index (κ1) is 11.3. The van der Waals surface area contributed by atoms with Crippen molar-refractivity contribution in [3.8, 4) is 0 Å². The van der Waals surface area contributed by atoms with Crippen LogP contribution in [0, 0.1) is 5.92 Å². The number of aliphatic hydroxyl groups is 1. The van der Waals surface area contributed by atoms with Gasteiger partial charge in [-0.05, 0) is 5.92 Å². The Labute approximate surface area is 83.3 Å². The van der Waals surface area contributed by atoms with E-state index < -0.39 is 6.09 Å². The van der Waals surface area contributed by atoms with Crippen LogP contribution in [0.1, 0.15) is 13.8 Å². The molecule has 0 bridgehead atoms. The summed E-state index contributed by atoms with van der Waals surface area (Å²) >= 11 is 0. The molecule has 14 heavy (non-hydrogen) atoms. The minimum absolute atomic E-state index is 0.114. The summed E-state index contributed by atoms with van der Waals surface area (Å²) in [7, 11) is 0. The topological polar surface area (TPSA) is 70.0 Å². The van der Waals surface area contributed by atoms with Crippen LogP contribution in [-0.2, 0) is 4.74 Å². The van der Waals surface area contributed by atoms with Crippen LogP contribution >= 0.6 is 0 Å². The second-order valence-electron chi connectivity index (χ2n) is 3.91. The first-order valence-corrected chi connectivity index (χ1v) is 4.78. The summed E-state index contributed by atoms with van der Waals surface area (Å²) in [5.41, 5.74) is 0. The van der Waals surface area contributed by atoms with Gasteiger partial charge in [-0.1, -0.05) is 13.8 Å². The summed E-state index contributed by atoms with van der Waals surface area (Å²) < 4.78 is 5.52. The summed E-state index contributed by atoms with van der Waals surface area (Å²) in [6, 6.07) is 0. The molecule has 0 aromatic heterocycles. The highest BCUT2D eigenvalue weighted by atomic mass is 16.5. The predicted molar refractivity (Wildman–Crippen MR) is 50.2 cm³/mol. The van der Waals surface area contributed by atoms with Gasteiger partial charge in [0.15, 0.2) is 0 Å². The van der Waals surface area contributed by atoms with E-state index in [4.69, 9.17) is 14.9 Å². The Balaban J connectivity index is 2.61. The SMILES string of the molecule is CC(C)[C@@H]1CN(C(=O)O)C[C@@H](CO)O1. The monoisotopic (exact) mass is 203 g/mol. The molecule has 82 valence electrons. The number of morpholine rings is 1. The molecule has 1 heterocycles. The largest absolute Gasteiger partial charge is 0.465 e. The lowest BCUT2D eigenvalue weighted by Crippen LogP contribution is -2.52. The molecule has 1 fully saturated rings. The Hall–Kier alpha value is -0.810. The molecule has 5 heteroatoms. The van der Waals surface area contributed by atoms with Crippen molar-refractivity contribution in [3.05, 3.63) is 0 Å². The predicted octanol–water partition coefficient (Wildman–Crippen LogP) is 0.382. The fraction of sp³-hybridized carbons (Fsp3) is 0.889. The molecule has 5 nitrogen and oxygen atoms in total. The van der Waals surface area contributed by atoms with E-state index in [0.29, 0.717) is 6.54 Å². The Bertz CT molecular complexity index is 207. The number of rotatable bonds is 2. The first-order valence-electron chi connectivity index (χ1n) is 4.78. The van der Waals surface area contributed by atoms with Crippen molar-refractivity contribution >= 4 is 6.09 Å². The maximum absolute atomic E-state index is 10.8. The van der Waals surface area contributed by atoms with Crippen molar-refractivity contribution in [3.63, 3.8) is 0 Å². The molecule has 2 atom stereocenters. The normalized spacial score (nSPS) is 28.1.